The zero-order valence-electron chi connectivity index (χ0n) is 12.9. The quantitative estimate of drug-likeness (QED) is 0.602. The molecule has 106 valence electrons. The average Bonchev–Trinajstić information content (AvgIpc) is 2.29. The van der Waals surface area contributed by atoms with Crippen LogP contribution in [0.1, 0.15) is 50.8 Å². The molecule has 3 heteroatoms. The van der Waals surface area contributed by atoms with Crippen molar-refractivity contribution < 1.29 is 4.55 Å². The Morgan fingerprint density at radius 3 is 2.37 bits per heavy atom. The monoisotopic (exact) mass is 279 g/mol. The van der Waals surface area contributed by atoms with Crippen molar-refractivity contribution in [1.29, 1.82) is 0 Å². The highest BCUT2D eigenvalue weighted by Crippen LogP contribution is 2.18. The Morgan fingerprint density at radius 1 is 1.21 bits per heavy atom. The highest BCUT2D eigenvalue weighted by molar-refractivity contribution is 7.91. The fourth-order valence-corrected chi connectivity index (χ4v) is 2.26. The molecule has 0 amide bonds. The lowest BCUT2D eigenvalue weighted by atomic mass is 10.0. The van der Waals surface area contributed by atoms with Crippen molar-refractivity contribution in [1.82, 2.24) is 0 Å². The van der Waals surface area contributed by atoms with Gasteiger partial charge in [-0.1, -0.05) is 22.6 Å². The minimum absolute atomic E-state index is 0.276. The maximum absolute atomic E-state index is 11.9. The van der Waals surface area contributed by atoms with Gasteiger partial charge in [-0.05, 0) is 71.1 Å². The summed E-state index contributed by atoms with van der Waals surface area (Å²) in [7, 11) is 0. The van der Waals surface area contributed by atoms with E-state index in [1.807, 2.05) is 27.7 Å². The standard InChI is InChI=1S/C16H25NOS/c1-12-7-9-15(11-13(12)2)10-8-14(3)17-19(18)16(4,5)6/h7,9,11H,8,10H2,1-6H3. The van der Waals surface area contributed by atoms with E-state index in [2.05, 4.69) is 36.4 Å². The summed E-state index contributed by atoms with van der Waals surface area (Å²) in [4.78, 5) is 0. The molecule has 0 fully saturated rings. The van der Waals surface area contributed by atoms with Gasteiger partial charge in [-0.15, -0.1) is 0 Å². The molecule has 0 saturated heterocycles. The fourth-order valence-electron chi connectivity index (χ4n) is 1.61. The lowest BCUT2D eigenvalue weighted by Gasteiger charge is -2.18. The molecule has 19 heavy (non-hydrogen) atoms. The normalized spacial score (nSPS) is 14.6. The molecule has 1 rings (SSSR count). The third-order valence-corrected chi connectivity index (χ3v) is 4.63. The fraction of sp³-hybridized carbons (Fsp3) is 0.562. The average molecular weight is 279 g/mol. The van der Waals surface area contributed by atoms with E-state index in [9.17, 15) is 4.55 Å². The first-order valence-electron chi connectivity index (χ1n) is 6.72. The number of nitrogens with zero attached hydrogens (tertiary/aromatic N) is 1. The first-order chi connectivity index (χ1) is 8.70. The molecule has 0 aromatic heterocycles. The van der Waals surface area contributed by atoms with Crippen molar-refractivity contribution >= 4 is 17.1 Å². The van der Waals surface area contributed by atoms with Crippen LogP contribution >= 0.6 is 0 Å². The van der Waals surface area contributed by atoms with Gasteiger partial charge in [-0.25, -0.2) is 0 Å². The summed E-state index contributed by atoms with van der Waals surface area (Å²) in [6.45, 7) is 12.1. The topological polar surface area (TPSA) is 35.4 Å². The molecule has 1 atom stereocenters. The van der Waals surface area contributed by atoms with Crippen molar-refractivity contribution in [3.05, 3.63) is 34.9 Å². The van der Waals surface area contributed by atoms with E-state index in [1.165, 1.54) is 16.7 Å². The molecule has 1 aromatic carbocycles. The van der Waals surface area contributed by atoms with Crippen molar-refractivity contribution in [2.24, 2.45) is 4.40 Å². The summed E-state index contributed by atoms with van der Waals surface area (Å²) in [5.41, 5.74) is 4.93. The third-order valence-electron chi connectivity index (χ3n) is 3.11. The maximum Gasteiger partial charge on any atom is 0.144 e. The minimum Gasteiger partial charge on any atom is -0.591 e. The van der Waals surface area contributed by atoms with Gasteiger partial charge >= 0.3 is 0 Å². The van der Waals surface area contributed by atoms with Crippen LogP contribution in [0.15, 0.2) is 22.6 Å². The van der Waals surface area contributed by atoms with Gasteiger partial charge in [0.1, 0.15) is 16.1 Å². The van der Waals surface area contributed by atoms with Crippen LogP contribution in [0.5, 0.6) is 0 Å². The largest absolute Gasteiger partial charge is 0.591 e. The van der Waals surface area contributed by atoms with E-state index in [0.29, 0.717) is 0 Å². The van der Waals surface area contributed by atoms with Crippen LogP contribution in [-0.4, -0.2) is 15.0 Å². The van der Waals surface area contributed by atoms with E-state index >= 15 is 0 Å². The second kappa shape index (κ2) is 6.58. The number of hydrogen-bond acceptors (Lipinski definition) is 2. The smallest absolute Gasteiger partial charge is 0.144 e. The van der Waals surface area contributed by atoms with Gasteiger partial charge < -0.3 is 4.55 Å². The van der Waals surface area contributed by atoms with Crippen LogP contribution in [0.3, 0.4) is 0 Å². The van der Waals surface area contributed by atoms with Gasteiger partial charge in [0, 0.05) is 0 Å². The Morgan fingerprint density at radius 2 is 1.84 bits per heavy atom. The summed E-state index contributed by atoms with van der Waals surface area (Å²) in [5.74, 6) is 0. The summed E-state index contributed by atoms with van der Waals surface area (Å²) in [6, 6.07) is 6.55. The summed E-state index contributed by atoms with van der Waals surface area (Å²) >= 11 is -1.15. The van der Waals surface area contributed by atoms with Crippen LogP contribution in [-0.2, 0) is 17.8 Å². The van der Waals surface area contributed by atoms with Crippen LogP contribution in [0.4, 0.5) is 0 Å². The second-order valence-corrected chi connectivity index (χ2v) is 8.01. The molecule has 0 aliphatic rings. The Hall–Kier alpha value is -0.800. The van der Waals surface area contributed by atoms with Crippen LogP contribution in [0.2, 0.25) is 0 Å². The molecule has 1 aromatic rings. The van der Waals surface area contributed by atoms with Gasteiger partial charge in [0.25, 0.3) is 0 Å². The lowest BCUT2D eigenvalue weighted by molar-refractivity contribution is 0.561. The van der Waals surface area contributed by atoms with E-state index in [-0.39, 0.29) is 4.75 Å². The lowest BCUT2D eigenvalue weighted by Crippen LogP contribution is -2.26. The van der Waals surface area contributed by atoms with Crippen LogP contribution in [0, 0.1) is 13.8 Å². The zero-order chi connectivity index (χ0) is 14.6. The first kappa shape index (κ1) is 16.3. The van der Waals surface area contributed by atoms with E-state index < -0.39 is 11.4 Å². The Kier molecular flexibility index (Phi) is 5.63. The van der Waals surface area contributed by atoms with Crippen molar-refractivity contribution in [3.63, 3.8) is 0 Å². The predicted molar refractivity (Wildman–Crippen MR) is 85.2 cm³/mol. The van der Waals surface area contributed by atoms with Gasteiger partial charge in [0.15, 0.2) is 0 Å². The Bertz CT molecular complexity index is 460. The molecule has 0 bridgehead atoms. The molecule has 1 unspecified atom stereocenters. The van der Waals surface area contributed by atoms with Gasteiger partial charge in [0.05, 0.1) is 5.71 Å². The number of aryl methyl sites for hydroxylation is 3. The molecule has 2 nitrogen and oxygen atoms in total. The number of benzene rings is 1. The molecule has 0 spiro atoms. The number of rotatable bonds is 4. The minimum atomic E-state index is -1.15. The maximum atomic E-state index is 11.9. The Labute approximate surface area is 120 Å². The second-order valence-electron chi connectivity index (χ2n) is 6.11. The van der Waals surface area contributed by atoms with Crippen molar-refractivity contribution in [2.75, 3.05) is 0 Å². The predicted octanol–water partition coefficient (Wildman–Crippen LogP) is 4.16. The molecule has 0 aliphatic carbocycles. The summed E-state index contributed by atoms with van der Waals surface area (Å²) < 4.78 is 15.9. The third kappa shape index (κ3) is 5.37. The molecule has 0 radical (unpaired) electrons. The van der Waals surface area contributed by atoms with E-state index in [1.54, 1.807) is 0 Å². The molecule has 0 N–H and O–H groups in total. The molecular formula is C16H25NOS. The summed E-state index contributed by atoms with van der Waals surface area (Å²) in [5, 5.41) is 0. The molecule has 0 saturated carbocycles. The zero-order valence-corrected chi connectivity index (χ0v) is 13.7. The summed E-state index contributed by atoms with van der Waals surface area (Å²) in [6.07, 6.45) is 1.82. The SMILES string of the molecule is CC(CCc1ccc(C)c(C)c1)=N[S+]([O-])C(C)(C)C. The molecular weight excluding hydrogens is 254 g/mol. The van der Waals surface area contributed by atoms with Crippen molar-refractivity contribution in [2.45, 2.75) is 59.1 Å². The van der Waals surface area contributed by atoms with Crippen LogP contribution < -0.4 is 0 Å². The Balaban J connectivity index is 2.61. The van der Waals surface area contributed by atoms with Crippen LogP contribution in [0.25, 0.3) is 0 Å². The highest BCUT2D eigenvalue weighted by Gasteiger charge is 2.26. The number of hydrogen-bond donors (Lipinski definition) is 0. The highest BCUT2D eigenvalue weighted by atomic mass is 32.2. The van der Waals surface area contributed by atoms with E-state index in [0.717, 1.165) is 18.6 Å². The van der Waals surface area contributed by atoms with Gasteiger partial charge in [0.2, 0.25) is 0 Å². The first-order valence-corrected chi connectivity index (χ1v) is 7.83. The van der Waals surface area contributed by atoms with Gasteiger partial charge in [-0.3, -0.25) is 0 Å². The van der Waals surface area contributed by atoms with E-state index in [4.69, 9.17) is 0 Å². The van der Waals surface area contributed by atoms with Crippen molar-refractivity contribution in [3.8, 4) is 0 Å². The van der Waals surface area contributed by atoms with Gasteiger partial charge in [-0.2, -0.15) is 0 Å². The molecule has 0 aliphatic heterocycles. The molecule has 0 heterocycles.